The van der Waals surface area contributed by atoms with E-state index in [1.807, 2.05) is 25.1 Å². The molecule has 0 spiro atoms. The minimum atomic E-state index is -0.998. The molecule has 0 aliphatic rings. The lowest BCUT2D eigenvalue weighted by Gasteiger charge is -2.09. The van der Waals surface area contributed by atoms with E-state index in [0.29, 0.717) is 17.8 Å². The van der Waals surface area contributed by atoms with Crippen molar-refractivity contribution in [2.75, 3.05) is 5.32 Å². The predicted molar refractivity (Wildman–Crippen MR) is 74.4 cm³/mol. The number of aromatic carboxylic acids is 1. The van der Waals surface area contributed by atoms with Gasteiger partial charge in [-0.05, 0) is 30.7 Å². The summed E-state index contributed by atoms with van der Waals surface area (Å²) >= 11 is 0. The van der Waals surface area contributed by atoms with Crippen molar-refractivity contribution in [3.8, 4) is 6.07 Å². The number of carbonyl (C=O) groups is 1. The van der Waals surface area contributed by atoms with Gasteiger partial charge in [0.15, 0.2) is 0 Å². The molecule has 0 saturated heterocycles. The lowest BCUT2D eigenvalue weighted by atomic mass is 10.1. The van der Waals surface area contributed by atoms with Gasteiger partial charge in [-0.2, -0.15) is 5.26 Å². The van der Waals surface area contributed by atoms with Crippen LogP contribution in [-0.2, 0) is 6.54 Å². The van der Waals surface area contributed by atoms with Gasteiger partial charge in [-0.15, -0.1) is 0 Å². The second-order valence-electron chi connectivity index (χ2n) is 4.31. The Bertz CT molecular complexity index is 673. The molecular weight excluding hydrogens is 254 g/mol. The molecule has 0 radical (unpaired) electrons. The van der Waals surface area contributed by atoms with Crippen LogP contribution in [0.4, 0.5) is 5.69 Å². The summed E-state index contributed by atoms with van der Waals surface area (Å²) in [5.74, 6) is -0.998. The Hall–Kier alpha value is -2.87. The standard InChI is InChI=1S/C15H13N3O2/c1-10-3-2-4-14(13(10)7-16)18-9-12-6-5-11(8-17-12)15(19)20/h2-6,8,18H,9H2,1H3,(H,19,20). The number of nitrogens with zero attached hydrogens (tertiary/aromatic N) is 2. The molecule has 20 heavy (non-hydrogen) atoms. The minimum Gasteiger partial charge on any atom is -0.478 e. The van der Waals surface area contributed by atoms with Crippen LogP contribution >= 0.6 is 0 Å². The number of anilines is 1. The highest BCUT2D eigenvalue weighted by molar-refractivity contribution is 5.87. The fraction of sp³-hybridized carbons (Fsp3) is 0.133. The molecular formula is C15H13N3O2. The van der Waals surface area contributed by atoms with Gasteiger partial charge in [0, 0.05) is 6.20 Å². The smallest absolute Gasteiger partial charge is 0.337 e. The number of carboxylic acid groups (broad SMARTS) is 1. The zero-order chi connectivity index (χ0) is 14.5. The normalized spacial score (nSPS) is 9.80. The molecule has 0 aliphatic carbocycles. The van der Waals surface area contributed by atoms with Gasteiger partial charge in [-0.3, -0.25) is 4.98 Å². The molecule has 5 nitrogen and oxygen atoms in total. The highest BCUT2D eigenvalue weighted by atomic mass is 16.4. The van der Waals surface area contributed by atoms with Crippen LogP contribution in [0.25, 0.3) is 0 Å². The summed E-state index contributed by atoms with van der Waals surface area (Å²) in [6.07, 6.45) is 1.32. The van der Waals surface area contributed by atoms with Gasteiger partial charge in [-0.1, -0.05) is 12.1 Å². The van der Waals surface area contributed by atoms with Crippen LogP contribution in [0, 0.1) is 18.3 Å². The van der Waals surface area contributed by atoms with Gasteiger partial charge in [-0.25, -0.2) is 4.79 Å². The van der Waals surface area contributed by atoms with Gasteiger partial charge in [0.2, 0.25) is 0 Å². The Kier molecular flexibility index (Phi) is 3.96. The van der Waals surface area contributed by atoms with Crippen LogP contribution in [0.3, 0.4) is 0 Å². The molecule has 2 N–H and O–H groups in total. The van der Waals surface area contributed by atoms with Crippen LogP contribution in [0.1, 0.15) is 27.2 Å². The minimum absolute atomic E-state index is 0.155. The molecule has 0 aliphatic heterocycles. The third-order valence-electron chi connectivity index (χ3n) is 2.92. The third-order valence-corrected chi connectivity index (χ3v) is 2.92. The largest absolute Gasteiger partial charge is 0.478 e. The lowest BCUT2D eigenvalue weighted by molar-refractivity contribution is 0.0696. The van der Waals surface area contributed by atoms with Crippen LogP contribution in [0.2, 0.25) is 0 Å². The molecule has 1 aromatic heterocycles. The first-order chi connectivity index (χ1) is 9.61. The maximum atomic E-state index is 10.7. The molecule has 0 atom stereocenters. The first-order valence-corrected chi connectivity index (χ1v) is 6.03. The highest BCUT2D eigenvalue weighted by Crippen LogP contribution is 2.18. The summed E-state index contributed by atoms with van der Waals surface area (Å²) in [7, 11) is 0. The second kappa shape index (κ2) is 5.85. The molecule has 1 heterocycles. The number of hydrogen-bond acceptors (Lipinski definition) is 4. The van der Waals surface area contributed by atoms with Crippen molar-refractivity contribution in [1.29, 1.82) is 5.26 Å². The number of pyridine rings is 1. The Labute approximate surface area is 116 Å². The lowest BCUT2D eigenvalue weighted by Crippen LogP contribution is -2.05. The van der Waals surface area contributed by atoms with Crippen molar-refractivity contribution in [2.24, 2.45) is 0 Å². The van der Waals surface area contributed by atoms with E-state index in [1.54, 1.807) is 6.07 Å². The van der Waals surface area contributed by atoms with Crippen LogP contribution in [-0.4, -0.2) is 16.1 Å². The Morgan fingerprint density at radius 3 is 2.80 bits per heavy atom. The summed E-state index contributed by atoms with van der Waals surface area (Å²) in [6.45, 7) is 2.31. The number of rotatable bonds is 4. The van der Waals surface area contributed by atoms with E-state index >= 15 is 0 Å². The van der Waals surface area contributed by atoms with E-state index in [4.69, 9.17) is 10.4 Å². The van der Waals surface area contributed by atoms with E-state index in [2.05, 4.69) is 16.4 Å². The Morgan fingerprint density at radius 1 is 1.40 bits per heavy atom. The van der Waals surface area contributed by atoms with Crippen molar-refractivity contribution in [2.45, 2.75) is 13.5 Å². The van der Waals surface area contributed by atoms with Gasteiger partial charge < -0.3 is 10.4 Å². The van der Waals surface area contributed by atoms with Gasteiger partial charge >= 0.3 is 5.97 Å². The van der Waals surface area contributed by atoms with Crippen molar-refractivity contribution < 1.29 is 9.90 Å². The summed E-state index contributed by atoms with van der Waals surface area (Å²) in [5.41, 5.74) is 3.13. The van der Waals surface area contributed by atoms with Crippen LogP contribution < -0.4 is 5.32 Å². The molecule has 0 bridgehead atoms. The van der Waals surface area contributed by atoms with Crippen molar-refractivity contribution >= 4 is 11.7 Å². The van der Waals surface area contributed by atoms with E-state index in [0.717, 1.165) is 11.3 Å². The van der Waals surface area contributed by atoms with Gasteiger partial charge in [0.1, 0.15) is 6.07 Å². The van der Waals surface area contributed by atoms with Crippen LogP contribution in [0.5, 0.6) is 0 Å². The number of benzene rings is 1. The SMILES string of the molecule is Cc1cccc(NCc2ccc(C(=O)O)cn2)c1C#N. The first-order valence-electron chi connectivity index (χ1n) is 6.03. The highest BCUT2D eigenvalue weighted by Gasteiger charge is 2.06. The monoisotopic (exact) mass is 267 g/mol. The number of aryl methyl sites for hydroxylation is 1. The zero-order valence-corrected chi connectivity index (χ0v) is 10.9. The average molecular weight is 267 g/mol. The van der Waals surface area contributed by atoms with Crippen molar-refractivity contribution in [3.05, 3.63) is 58.9 Å². The summed E-state index contributed by atoms with van der Waals surface area (Å²) in [6, 6.07) is 10.9. The second-order valence-corrected chi connectivity index (χ2v) is 4.31. The number of aromatic nitrogens is 1. The Balaban J connectivity index is 2.11. The van der Waals surface area contributed by atoms with Crippen LogP contribution in [0.15, 0.2) is 36.5 Å². The van der Waals surface area contributed by atoms with Crippen molar-refractivity contribution in [3.63, 3.8) is 0 Å². The zero-order valence-electron chi connectivity index (χ0n) is 10.9. The number of hydrogen-bond donors (Lipinski definition) is 2. The molecule has 0 saturated carbocycles. The quantitative estimate of drug-likeness (QED) is 0.889. The fourth-order valence-electron chi connectivity index (χ4n) is 1.80. The topological polar surface area (TPSA) is 86.0 Å². The molecule has 2 rings (SSSR count). The number of nitriles is 1. The maximum Gasteiger partial charge on any atom is 0.337 e. The molecule has 5 heteroatoms. The van der Waals surface area contributed by atoms with Gasteiger partial charge in [0.25, 0.3) is 0 Å². The summed E-state index contributed by atoms with van der Waals surface area (Å²) in [5, 5.41) is 21.1. The molecule has 1 aromatic carbocycles. The molecule has 0 unspecified atom stereocenters. The maximum absolute atomic E-state index is 10.7. The fourth-order valence-corrected chi connectivity index (χ4v) is 1.80. The number of nitrogens with one attached hydrogen (secondary N) is 1. The third kappa shape index (κ3) is 2.93. The number of carboxylic acids is 1. The van der Waals surface area contributed by atoms with E-state index in [9.17, 15) is 4.79 Å². The van der Waals surface area contributed by atoms with Gasteiger partial charge in [0.05, 0.1) is 29.1 Å². The predicted octanol–water partition coefficient (Wildman–Crippen LogP) is 2.57. The summed E-state index contributed by atoms with van der Waals surface area (Å²) < 4.78 is 0. The Morgan fingerprint density at radius 2 is 2.20 bits per heavy atom. The molecule has 0 amide bonds. The van der Waals surface area contributed by atoms with E-state index < -0.39 is 5.97 Å². The van der Waals surface area contributed by atoms with E-state index in [-0.39, 0.29) is 5.56 Å². The molecule has 0 fully saturated rings. The summed E-state index contributed by atoms with van der Waals surface area (Å²) in [4.78, 5) is 14.8. The molecule has 100 valence electrons. The van der Waals surface area contributed by atoms with E-state index in [1.165, 1.54) is 12.3 Å². The first kappa shape index (κ1) is 13.6. The average Bonchev–Trinajstić information content (AvgIpc) is 2.45. The molecule has 2 aromatic rings. The van der Waals surface area contributed by atoms with Crippen molar-refractivity contribution in [1.82, 2.24) is 4.98 Å².